The van der Waals surface area contributed by atoms with Gasteiger partial charge in [0.05, 0.1) is 6.61 Å². The number of allylic oxidation sites excluding steroid dienone is 9. The van der Waals surface area contributed by atoms with Crippen molar-refractivity contribution in [3.63, 3.8) is 0 Å². The summed E-state index contributed by atoms with van der Waals surface area (Å²) < 4.78 is 6.00. The summed E-state index contributed by atoms with van der Waals surface area (Å²) in [6, 6.07) is 9.10. The van der Waals surface area contributed by atoms with E-state index in [1.54, 1.807) is 0 Å². The number of likely N-dealkylation sites (N-methyl/N-ethyl adjacent to an activating group) is 2. The first-order valence-corrected chi connectivity index (χ1v) is 14.2. The molecule has 0 aliphatic heterocycles. The molecule has 0 unspecified atom stereocenters. The smallest absolute Gasteiger partial charge is 0.121 e. The zero-order valence-corrected chi connectivity index (χ0v) is 22.9. The number of ether oxygens (including phenoxy) is 1. The van der Waals surface area contributed by atoms with Crippen LogP contribution in [0.15, 0.2) is 95.2 Å². The molecule has 1 aromatic carbocycles. The number of aliphatic hydroxyl groups excluding tert-OH is 1. The average molecular weight is 501 g/mol. The summed E-state index contributed by atoms with van der Waals surface area (Å²) in [5, 5.41) is 13.5. The molecule has 0 radical (unpaired) electrons. The van der Waals surface area contributed by atoms with Crippen LogP contribution in [0.4, 0.5) is 0 Å². The van der Waals surface area contributed by atoms with Crippen molar-refractivity contribution in [1.29, 1.82) is 0 Å². The van der Waals surface area contributed by atoms with E-state index in [0.29, 0.717) is 24.2 Å². The van der Waals surface area contributed by atoms with E-state index in [0.717, 1.165) is 64.0 Å². The van der Waals surface area contributed by atoms with Crippen LogP contribution < -0.4 is 5.32 Å². The third-order valence-corrected chi connectivity index (χ3v) is 7.67. The lowest BCUT2D eigenvalue weighted by molar-refractivity contribution is 0.240. The van der Waals surface area contributed by atoms with Gasteiger partial charge in [-0.15, -0.1) is 0 Å². The molecule has 0 amide bonds. The van der Waals surface area contributed by atoms with Gasteiger partial charge in [0.15, 0.2) is 0 Å². The van der Waals surface area contributed by atoms with Gasteiger partial charge < -0.3 is 20.1 Å². The second-order valence-electron chi connectivity index (χ2n) is 10.2. The number of hydrogen-bond acceptors (Lipinski definition) is 4. The molecule has 4 rings (SSSR count). The first-order chi connectivity index (χ1) is 18.1. The normalized spacial score (nSPS) is 21.4. The fraction of sp³-hybridized carbons (Fsp3) is 0.455. The zero-order chi connectivity index (χ0) is 26.0. The summed E-state index contributed by atoms with van der Waals surface area (Å²) in [6.45, 7) is 11.0. The lowest BCUT2D eigenvalue weighted by Crippen LogP contribution is -2.24. The summed E-state index contributed by atoms with van der Waals surface area (Å²) in [6.07, 6.45) is 20.4. The number of hydrogen-bond donors (Lipinski definition) is 2. The summed E-state index contributed by atoms with van der Waals surface area (Å²) in [7, 11) is 0. The quantitative estimate of drug-likeness (QED) is 0.317. The number of fused-ring (bicyclic) bond motifs is 1. The largest absolute Gasteiger partial charge is 0.508 e. The molecule has 0 saturated heterocycles. The van der Waals surface area contributed by atoms with E-state index in [1.165, 1.54) is 28.0 Å². The van der Waals surface area contributed by atoms with E-state index in [9.17, 15) is 5.11 Å². The van der Waals surface area contributed by atoms with Crippen LogP contribution in [-0.4, -0.2) is 36.2 Å². The number of nitrogens with one attached hydrogen (secondary N) is 1. The van der Waals surface area contributed by atoms with Gasteiger partial charge >= 0.3 is 0 Å². The highest BCUT2D eigenvalue weighted by Gasteiger charge is 2.27. The topological polar surface area (TPSA) is 44.7 Å². The molecule has 3 aliphatic carbocycles. The van der Waals surface area contributed by atoms with Crippen LogP contribution in [0.3, 0.4) is 0 Å². The minimum Gasteiger partial charge on any atom is -0.508 e. The van der Waals surface area contributed by atoms with E-state index in [-0.39, 0.29) is 0 Å². The highest BCUT2D eigenvalue weighted by molar-refractivity contribution is 5.41. The summed E-state index contributed by atoms with van der Waals surface area (Å²) >= 11 is 0. The highest BCUT2D eigenvalue weighted by Crippen LogP contribution is 2.40. The van der Waals surface area contributed by atoms with Crippen molar-refractivity contribution < 1.29 is 9.84 Å². The second kappa shape index (κ2) is 13.5. The molecular weight excluding hydrogens is 456 g/mol. The van der Waals surface area contributed by atoms with E-state index in [2.05, 4.69) is 78.7 Å². The molecule has 4 heteroatoms. The fourth-order valence-corrected chi connectivity index (χ4v) is 5.56. The molecule has 1 saturated carbocycles. The first kappa shape index (κ1) is 27.1. The molecule has 4 nitrogen and oxygen atoms in total. The van der Waals surface area contributed by atoms with Crippen molar-refractivity contribution in [2.75, 3.05) is 26.2 Å². The molecule has 2 N–H and O–H groups in total. The van der Waals surface area contributed by atoms with Crippen molar-refractivity contribution in [1.82, 2.24) is 10.2 Å². The van der Waals surface area contributed by atoms with Gasteiger partial charge in [-0.3, -0.25) is 0 Å². The standard InChI is InChI=1S/C33H44N2O2/c1-4-34-19-18-25-10-12-26(13-11-25)24-35(5-2)31-21-29(16-17-33(23-31)37-6-3)28-14-15-30-22-32(36)9-7-8-27(30)20-28/h8-13,16-17,21-23,28-29,34,36H,4-7,14-15,18-20,24H2,1-3H3/t28-,29-/m1/s1. The van der Waals surface area contributed by atoms with Crippen LogP contribution in [-0.2, 0) is 17.7 Å². The minimum absolute atomic E-state index is 0.346. The Labute approximate surface area is 223 Å². The first-order valence-electron chi connectivity index (χ1n) is 14.2. The Morgan fingerprint density at radius 3 is 2.59 bits per heavy atom. The number of rotatable bonds is 11. The molecular formula is C33H44N2O2. The second-order valence-corrected chi connectivity index (χ2v) is 10.2. The van der Waals surface area contributed by atoms with E-state index in [1.807, 2.05) is 19.1 Å². The van der Waals surface area contributed by atoms with Gasteiger partial charge in [0.1, 0.15) is 11.5 Å². The third-order valence-electron chi connectivity index (χ3n) is 7.67. The minimum atomic E-state index is 0.346. The molecule has 1 fully saturated rings. The molecule has 0 bridgehead atoms. The Morgan fingerprint density at radius 1 is 1.03 bits per heavy atom. The molecule has 198 valence electrons. The van der Waals surface area contributed by atoms with Crippen LogP contribution in [0.25, 0.3) is 0 Å². The van der Waals surface area contributed by atoms with Crippen LogP contribution in [0.5, 0.6) is 0 Å². The van der Waals surface area contributed by atoms with E-state index >= 15 is 0 Å². The van der Waals surface area contributed by atoms with E-state index in [4.69, 9.17) is 4.74 Å². The predicted octanol–water partition coefficient (Wildman–Crippen LogP) is 7.15. The molecule has 2 atom stereocenters. The average Bonchev–Trinajstić information content (AvgIpc) is 3.23. The summed E-state index contributed by atoms with van der Waals surface area (Å²) in [4.78, 5) is 2.47. The SMILES string of the molecule is CCNCCc1ccc(CN(CC)C2=C[C@H]([C@@H]3CCC4=CC(O)=CCC=C4C3)C=CC(OCC)=C2)cc1. The Bertz CT molecular complexity index is 1090. The molecule has 0 aromatic heterocycles. The molecule has 37 heavy (non-hydrogen) atoms. The number of nitrogens with zero attached hydrogens (tertiary/aromatic N) is 1. The van der Waals surface area contributed by atoms with Crippen molar-refractivity contribution >= 4 is 0 Å². The van der Waals surface area contributed by atoms with Crippen molar-refractivity contribution in [2.24, 2.45) is 11.8 Å². The van der Waals surface area contributed by atoms with Crippen LogP contribution in [0.2, 0.25) is 0 Å². The maximum absolute atomic E-state index is 10.1. The molecule has 1 aromatic rings. The molecule has 0 heterocycles. The zero-order valence-electron chi connectivity index (χ0n) is 22.9. The maximum atomic E-state index is 10.1. The Balaban J connectivity index is 1.51. The van der Waals surface area contributed by atoms with Crippen LogP contribution in [0, 0.1) is 11.8 Å². The van der Waals surface area contributed by atoms with Gasteiger partial charge in [-0.2, -0.15) is 0 Å². The van der Waals surface area contributed by atoms with Gasteiger partial charge in [-0.25, -0.2) is 0 Å². The van der Waals surface area contributed by atoms with Crippen molar-refractivity contribution in [3.8, 4) is 0 Å². The van der Waals surface area contributed by atoms with Crippen LogP contribution >= 0.6 is 0 Å². The highest BCUT2D eigenvalue weighted by atomic mass is 16.5. The summed E-state index contributed by atoms with van der Waals surface area (Å²) in [5.74, 6) is 2.23. The Hall–Kier alpha value is -2.98. The van der Waals surface area contributed by atoms with Gasteiger partial charge in [0, 0.05) is 30.8 Å². The lowest BCUT2D eigenvalue weighted by atomic mass is 9.75. The predicted molar refractivity (Wildman–Crippen MR) is 154 cm³/mol. The van der Waals surface area contributed by atoms with Gasteiger partial charge in [0.2, 0.25) is 0 Å². The Kier molecular flexibility index (Phi) is 9.90. The Morgan fingerprint density at radius 2 is 1.84 bits per heavy atom. The van der Waals surface area contributed by atoms with Gasteiger partial charge in [-0.05, 0) is 105 Å². The van der Waals surface area contributed by atoms with Crippen molar-refractivity contribution in [2.45, 2.75) is 59.4 Å². The van der Waals surface area contributed by atoms with Crippen molar-refractivity contribution in [3.05, 3.63) is 106 Å². The molecule has 0 spiro atoms. The maximum Gasteiger partial charge on any atom is 0.121 e. The van der Waals surface area contributed by atoms with E-state index < -0.39 is 0 Å². The molecule has 3 aliphatic rings. The third kappa shape index (κ3) is 7.52. The summed E-state index contributed by atoms with van der Waals surface area (Å²) in [5.41, 5.74) is 6.67. The number of aliphatic hydroxyl groups is 1. The van der Waals surface area contributed by atoms with Crippen LogP contribution in [0.1, 0.15) is 57.6 Å². The van der Waals surface area contributed by atoms with Gasteiger partial charge in [0.25, 0.3) is 0 Å². The van der Waals surface area contributed by atoms with Gasteiger partial charge in [-0.1, -0.05) is 49.4 Å². The fourth-order valence-electron chi connectivity index (χ4n) is 5.56. The lowest BCUT2D eigenvalue weighted by Gasteiger charge is -2.31. The monoisotopic (exact) mass is 500 g/mol. The number of benzene rings is 1.